The zero-order chi connectivity index (χ0) is 25.6. The molecule has 3 aromatic carbocycles. The van der Waals surface area contributed by atoms with Crippen molar-refractivity contribution in [1.82, 2.24) is 10.2 Å². The fourth-order valence-corrected chi connectivity index (χ4v) is 5.29. The molecule has 1 heterocycles. The molecular weight excluding hydrogens is 466 g/mol. The number of fused-ring (bicyclic) bond motifs is 3. The van der Waals surface area contributed by atoms with Gasteiger partial charge in [-0.25, -0.2) is 4.79 Å². The first-order chi connectivity index (χ1) is 17.2. The van der Waals surface area contributed by atoms with Crippen LogP contribution in [0.3, 0.4) is 0 Å². The van der Waals surface area contributed by atoms with E-state index in [1.807, 2.05) is 31.2 Å². The number of nitrogens with one attached hydrogen (secondary N) is 1. The van der Waals surface area contributed by atoms with E-state index in [-0.39, 0.29) is 41.1 Å². The topological polar surface area (TPSA) is 86.7 Å². The van der Waals surface area contributed by atoms with Crippen LogP contribution in [-0.2, 0) is 15.5 Å². The number of aliphatic carboxylic acids is 1. The Bertz CT molecular complexity index is 1390. The Morgan fingerprint density at radius 2 is 1.69 bits per heavy atom. The molecule has 2 aliphatic rings. The van der Waals surface area contributed by atoms with Gasteiger partial charge in [-0.05, 0) is 47.7 Å². The van der Waals surface area contributed by atoms with Crippen molar-refractivity contribution in [3.05, 3.63) is 94.5 Å². The highest BCUT2D eigenvalue weighted by Gasteiger charge is 2.44. The predicted octanol–water partition coefficient (Wildman–Crippen LogP) is 4.31. The zero-order valence-electron chi connectivity index (χ0n) is 19.5. The molecule has 6 nitrogen and oxygen atoms in total. The second-order valence-corrected chi connectivity index (χ2v) is 9.25. The second kappa shape index (κ2) is 8.86. The number of alkyl halides is 2. The molecule has 1 aliphatic carbocycles. The minimum Gasteiger partial charge on any atom is -0.480 e. The summed E-state index contributed by atoms with van der Waals surface area (Å²) < 4.78 is 29.5. The number of carboxylic acids is 1. The first-order valence-corrected chi connectivity index (χ1v) is 11.7. The number of amides is 2. The lowest BCUT2D eigenvalue weighted by Crippen LogP contribution is -2.45. The van der Waals surface area contributed by atoms with Crippen molar-refractivity contribution in [1.29, 1.82) is 0 Å². The molecule has 5 rings (SSSR count). The Morgan fingerprint density at radius 3 is 2.44 bits per heavy atom. The van der Waals surface area contributed by atoms with E-state index in [4.69, 9.17) is 0 Å². The molecule has 3 aromatic rings. The van der Waals surface area contributed by atoms with Gasteiger partial charge in [0.25, 0.3) is 11.8 Å². The average Bonchev–Trinajstić information content (AvgIpc) is 3.41. The summed E-state index contributed by atoms with van der Waals surface area (Å²) in [6.07, 6.45) is 0.290. The summed E-state index contributed by atoms with van der Waals surface area (Å²) in [4.78, 5) is 38.9. The van der Waals surface area contributed by atoms with Gasteiger partial charge in [-0.1, -0.05) is 54.6 Å². The highest BCUT2D eigenvalue weighted by molar-refractivity contribution is 5.99. The third-order valence-electron chi connectivity index (χ3n) is 7.11. The third-order valence-corrected chi connectivity index (χ3v) is 7.11. The number of halogens is 2. The Kier molecular flexibility index (Phi) is 5.82. The van der Waals surface area contributed by atoms with Crippen LogP contribution in [0, 0.1) is 6.92 Å². The Balaban J connectivity index is 1.30. The summed E-state index contributed by atoms with van der Waals surface area (Å²) in [5.41, 5.74) is 2.54. The van der Waals surface area contributed by atoms with Gasteiger partial charge in [0.1, 0.15) is 6.04 Å². The number of likely N-dealkylation sites (tertiary alicyclic amines) is 1. The van der Waals surface area contributed by atoms with Crippen LogP contribution < -0.4 is 5.32 Å². The number of hydrogen-bond donors (Lipinski definition) is 2. The van der Waals surface area contributed by atoms with Gasteiger partial charge in [-0.15, -0.1) is 0 Å². The van der Waals surface area contributed by atoms with E-state index in [0.29, 0.717) is 5.56 Å². The summed E-state index contributed by atoms with van der Waals surface area (Å²) in [6.45, 7) is 1.79. The smallest absolute Gasteiger partial charge is 0.326 e. The molecule has 2 amide bonds. The van der Waals surface area contributed by atoms with E-state index in [1.165, 1.54) is 29.2 Å². The Labute approximate surface area is 206 Å². The quantitative estimate of drug-likeness (QED) is 0.558. The lowest BCUT2D eigenvalue weighted by molar-refractivity contribution is -0.147. The van der Waals surface area contributed by atoms with E-state index in [0.717, 1.165) is 11.1 Å². The van der Waals surface area contributed by atoms with Gasteiger partial charge in [0, 0.05) is 29.2 Å². The summed E-state index contributed by atoms with van der Waals surface area (Å²) in [5, 5.41) is 12.2. The van der Waals surface area contributed by atoms with Crippen molar-refractivity contribution in [3.8, 4) is 11.1 Å². The second-order valence-electron chi connectivity index (χ2n) is 9.25. The molecule has 0 radical (unpaired) electrons. The molecule has 2 N–H and O–H groups in total. The molecule has 184 valence electrons. The van der Waals surface area contributed by atoms with Crippen LogP contribution in [0.1, 0.15) is 45.0 Å². The number of carbonyl (C=O) groups is 3. The normalized spacial score (nSPS) is 19.5. The van der Waals surface area contributed by atoms with Gasteiger partial charge in [0.2, 0.25) is 5.91 Å². The van der Waals surface area contributed by atoms with Crippen LogP contribution in [0.25, 0.3) is 11.1 Å². The molecule has 1 saturated heterocycles. The SMILES string of the molecule is Cc1ccccc1[C@H]1C[C@@H](C(=O)O)N(C(=O)CNC(=O)c2ccc3c(c2)-c2ccccc2C3(F)F)C1. The highest BCUT2D eigenvalue weighted by atomic mass is 19.3. The zero-order valence-corrected chi connectivity index (χ0v) is 19.5. The molecule has 0 spiro atoms. The summed E-state index contributed by atoms with van der Waals surface area (Å²) in [6, 6.07) is 16.8. The van der Waals surface area contributed by atoms with Gasteiger partial charge >= 0.3 is 5.97 Å². The van der Waals surface area contributed by atoms with Crippen LogP contribution in [0.2, 0.25) is 0 Å². The summed E-state index contributed by atoms with van der Waals surface area (Å²) in [7, 11) is 0. The van der Waals surface area contributed by atoms with Crippen molar-refractivity contribution in [2.24, 2.45) is 0 Å². The molecule has 1 aliphatic heterocycles. The molecule has 0 bridgehead atoms. The van der Waals surface area contributed by atoms with Crippen molar-refractivity contribution >= 4 is 17.8 Å². The third kappa shape index (κ3) is 3.92. The molecule has 0 unspecified atom stereocenters. The largest absolute Gasteiger partial charge is 0.480 e. The standard InChI is InChI=1S/C28H24F2N2O4/c1-16-6-2-3-7-19(16)18-13-24(27(35)36)32(15-18)25(33)14-31-26(34)17-10-11-23-21(12-17)20-8-4-5-9-22(20)28(23,29)30/h2-12,18,24H,13-15H2,1H3,(H,31,34)(H,35,36)/t18-,24-/m0/s1. The van der Waals surface area contributed by atoms with Gasteiger partial charge in [0.15, 0.2) is 0 Å². The van der Waals surface area contributed by atoms with Crippen LogP contribution in [0.5, 0.6) is 0 Å². The fraction of sp³-hybridized carbons (Fsp3) is 0.250. The Hall–Kier alpha value is -4.07. The minimum absolute atomic E-state index is 0.107. The van der Waals surface area contributed by atoms with Crippen LogP contribution in [0.15, 0.2) is 66.7 Å². The lowest BCUT2D eigenvalue weighted by Gasteiger charge is -2.22. The first-order valence-electron chi connectivity index (χ1n) is 11.7. The number of benzene rings is 3. The number of carboxylic acid groups (broad SMARTS) is 1. The number of nitrogens with zero attached hydrogens (tertiary/aromatic N) is 1. The number of hydrogen-bond acceptors (Lipinski definition) is 3. The monoisotopic (exact) mass is 490 g/mol. The van der Waals surface area contributed by atoms with E-state index in [1.54, 1.807) is 18.2 Å². The molecule has 1 fully saturated rings. The van der Waals surface area contributed by atoms with Gasteiger partial charge in [-0.2, -0.15) is 8.78 Å². The number of aryl methyl sites for hydroxylation is 1. The predicted molar refractivity (Wildman–Crippen MR) is 129 cm³/mol. The maximum Gasteiger partial charge on any atom is 0.326 e. The molecular formula is C28H24F2N2O4. The molecule has 0 saturated carbocycles. The number of carbonyl (C=O) groups excluding carboxylic acids is 2. The summed E-state index contributed by atoms with van der Waals surface area (Å²) >= 11 is 0. The summed E-state index contributed by atoms with van der Waals surface area (Å²) in [5.74, 6) is -5.47. The average molecular weight is 491 g/mol. The van der Waals surface area contributed by atoms with Crippen molar-refractivity contribution < 1.29 is 28.3 Å². The van der Waals surface area contributed by atoms with Crippen LogP contribution >= 0.6 is 0 Å². The Morgan fingerprint density at radius 1 is 1.00 bits per heavy atom. The maximum absolute atomic E-state index is 14.8. The highest BCUT2D eigenvalue weighted by Crippen LogP contribution is 2.50. The van der Waals surface area contributed by atoms with E-state index < -0.39 is 36.3 Å². The van der Waals surface area contributed by atoms with Gasteiger partial charge < -0.3 is 15.3 Å². The molecule has 36 heavy (non-hydrogen) atoms. The molecule has 2 atom stereocenters. The first kappa shape index (κ1) is 23.7. The minimum atomic E-state index is -3.15. The van der Waals surface area contributed by atoms with E-state index in [2.05, 4.69) is 5.32 Å². The van der Waals surface area contributed by atoms with Crippen molar-refractivity contribution in [2.45, 2.75) is 31.2 Å². The number of rotatable bonds is 5. The fourth-order valence-electron chi connectivity index (χ4n) is 5.29. The van der Waals surface area contributed by atoms with Gasteiger partial charge in [-0.3, -0.25) is 9.59 Å². The maximum atomic E-state index is 14.8. The van der Waals surface area contributed by atoms with Crippen molar-refractivity contribution in [3.63, 3.8) is 0 Å². The molecule has 8 heteroatoms. The van der Waals surface area contributed by atoms with Crippen LogP contribution in [0.4, 0.5) is 8.78 Å². The molecule has 0 aromatic heterocycles. The van der Waals surface area contributed by atoms with Crippen LogP contribution in [-0.4, -0.2) is 46.9 Å². The van der Waals surface area contributed by atoms with Gasteiger partial charge in [0.05, 0.1) is 6.54 Å². The van der Waals surface area contributed by atoms with E-state index in [9.17, 15) is 28.3 Å². The van der Waals surface area contributed by atoms with Crippen molar-refractivity contribution in [2.75, 3.05) is 13.1 Å². The lowest BCUT2D eigenvalue weighted by atomic mass is 9.93. The van der Waals surface area contributed by atoms with E-state index >= 15 is 0 Å².